The molecule has 1 fully saturated rings. The molecule has 1 unspecified atom stereocenters. The molecule has 2 aliphatic heterocycles. The first kappa shape index (κ1) is 30.6. The van der Waals surface area contributed by atoms with Crippen molar-refractivity contribution >= 4 is 51.8 Å². The number of allylic oxidation sites excluding steroid dienone is 1. The first-order valence-electron chi connectivity index (χ1n) is 15.0. The number of aromatic carboxylic acids is 1. The minimum absolute atomic E-state index is 0.0380. The lowest BCUT2D eigenvalue weighted by Gasteiger charge is -2.41. The van der Waals surface area contributed by atoms with Crippen LogP contribution in [0.3, 0.4) is 0 Å². The van der Waals surface area contributed by atoms with Crippen LogP contribution in [-0.2, 0) is 15.1 Å². The van der Waals surface area contributed by atoms with E-state index in [1.165, 1.54) is 18.2 Å². The Kier molecular flexibility index (Phi) is 7.76. The number of rotatable bonds is 7. The van der Waals surface area contributed by atoms with Crippen molar-refractivity contribution in [2.24, 2.45) is 5.92 Å². The third-order valence-electron chi connectivity index (χ3n) is 9.60. The number of ether oxygens (including phenoxy) is 1. The number of likely N-dealkylation sites (tertiary alicyclic amines) is 1. The van der Waals surface area contributed by atoms with Crippen molar-refractivity contribution in [1.82, 2.24) is 14.9 Å². The van der Waals surface area contributed by atoms with Gasteiger partial charge in [0.1, 0.15) is 17.2 Å². The lowest BCUT2D eigenvalue weighted by molar-refractivity contribution is -0.128. The monoisotopic (exact) mass is 660 g/mol. The van der Waals surface area contributed by atoms with E-state index in [4.69, 9.17) is 32.9 Å². The maximum Gasteiger partial charge on any atom is 0.335 e. The molecule has 4 aromatic rings. The zero-order chi connectivity index (χ0) is 32.3. The number of hydrogen-bond donors (Lipinski definition) is 3. The molecule has 1 amide bonds. The average molecular weight is 662 g/mol. The average Bonchev–Trinajstić information content (AvgIpc) is 3.65. The number of amides is 1. The number of carbonyl (C=O) groups excluding carboxylic acids is 1. The van der Waals surface area contributed by atoms with Crippen LogP contribution in [0.25, 0.3) is 11.0 Å². The quantitative estimate of drug-likeness (QED) is 0.192. The molecule has 8 nitrogen and oxygen atoms in total. The highest BCUT2D eigenvalue weighted by Crippen LogP contribution is 2.62. The van der Waals surface area contributed by atoms with Crippen LogP contribution in [0.2, 0.25) is 10.0 Å². The number of fused-ring (bicyclic) bond motifs is 3. The topological polar surface area (TPSA) is 108 Å². The van der Waals surface area contributed by atoms with Crippen LogP contribution in [0.1, 0.15) is 52.5 Å². The van der Waals surface area contributed by atoms with Gasteiger partial charge in [-0.25, -0.2) is 14.2 Å². The van der Waals surface area contributed by atoms with E-state index in [1.54, 1.807) is 37.4 Å². The maximum absolute atomic E-state index is 16.3. The molecule has 11 heteroatoms. The highest BCUT2D eigenvalue weighted by molar-refractivity contribution is 6.31. The molecule has 3 aliphatic rings. The number of halogens is 3. The number of anilines is 1. The number of hydrogen-bond acceptors (Lipinski definition) is 5. The standard InChI is InChI=1S/C35H31Cl2FN4O4/c1-18-29(32-39-26-12-9-21(33(43)44)14-28(26)40-32)30(23-7-4-8-25(37)31(23)38)35(24-11-10-22(36)15-27(24)41-34(35)45)42(18)16-19-5-3-6-20(13-19)17-46-2/h3-4,6-15,18-19,29-30H,5,16-17H2,1-2H3,(H,39,40)(H,41,45)(H,43,44)/t18-,19?,29+,30-,35+/m0/s1. The van der Waals surface area contributed by atoms with Gasteiger partial charge < -0.3 is 20.1 Å². The summed E-state index contributed by atoms with van der Waals surface area (Å²) in [6.45, 7) is 2.98. The Morgan fingerprint density at radius 2 is 2.02 bits per heavy atom. The molecule has 236 valence electrons. The molecule has 0 radical (unpaired) electrons. The van der Waals surface area contributed by atoms with Crippen LogP contribution in [0, 0.1) is 11.7 Å². The summed E-state index contributed by atoms with van der Waals surface area (Å²) in [4.78, 5) is 36.9. The number of carbonyl (C=O) groups is 2. The van der Waals surface area contributed by atoms with E-state index in [1.807, 2.05) is 13.0 Å². The predicted octanol–water partition coefficient (Wildman–Crippen LogP) is 7.28. The van der Waals surface area contributed by atoms with Crippen molar-refractivity contribution in [3.63, 3.8) is 0 Å². The van der Waals surface area contributed by atoms with Crippen LogP contribution in [-0.4, -0.2) is 58.2 Å². The van der Waals surface area contributed by atoms with Gasteiger partial charge in [-0.05, 0) is 66.8 Å². The largest absolute Gasteiger partial charge is 0.478 e. The van der Waals surface area contributed by atoms with Gasteiger partial charge in [-0.2, -0.15) is 0 Å². The number of nitrogens with one attached hydrogen (secondary N) is 2. The molecule has 46 heavy (non-hydrogen) atoms. The highest BCUT2D eigenvalue weighted by Gasteiger charge is 2.67. The summed E-state index contributed by atoms with van der Waals surface area (Å²) in [5, 5.41) is 13.1. The molecule has 5 atom stereocenters. The Morgan fingerprint density at radius 1 is 1.20 bits per heavy atom. The maximum atomic E-state index is 16.3. The van der Waals surface area contributed by atoms with Crippen molar-refractivity contribution in [3.8, 4) is 0 Å². The van der Waals surface area contributed by atoms with Crippen LogP contribution in [0.5, 0.6) is 0 Å². The van der Waals surface area contributed by atoms with Gasteiger partial charge in [0, 0.05) is 47.8 Å². The number of carboxylic acids is 1. The van der Waals surface area contributed by atoms with E-state index in [2.05, 4.69) is 33.4 Å². The van der Waals surface area contributed by atoms with Crippen LogP contribution in [0.15, 0.2) is 78.4 Å². The van der Waals surface area contributed by atoms with E-state index >= 15 is 4.39 Å². The second kappa shape index (κ2) is 11.7. The van der Waals surface area contributed by atoms with E-state index in [-0.39, 0.29) is 34.0 Å². The summed E-state index contributed by atoms with van der Waals surface area (Å²) < 4.78 is 21.7. The minimum Gasteiger partial charge on any atom is -0.478 e. The number of imidazole rings is 1. The van der Waals surface area contributed by atoms with Crippen molar-refractivity contribution in [1.29, 1.82) is 0 Å². The molecule has 3 N–H and O–H groups in total. The molecule has 1 aromatic heterocycles. The van der Waals surface area contributed by atoms with Gasteiger partial charge in [-0.15, -0.1) is 0 Å². The van der Waals surface area contributed by atoms with Crippen molar-refractivity contribution in [3.05, 3.63) is 117 Å². The zero-order valence-electron chi connectivity index (χ0n) is 25.1. The molecule has 3 heterocycles. The number of benzene rings is 3. The molecular formula is C35H31Cl2FN4O4. The Bertz CT molecular complexity index is 1960. The van der Waals surface area contributed by atoms with Gasteiger partial charge in [0.2, 0.25) is 5.91 Å². The lowest BCUT2D eigenvalue weighted by Crippen LogP contribution is -2.53. The Hall–Kier alpha value is -4.02. The molecule has 1 aliphatic carbocycles. The number of aromatic amines is 1. The molecule has 0 saturated carbocycles. The van der Waals surface area contributed by atoms with Gasteiger partial charge in [0.05, 0.1) is 28.2 Å². The summed E-state index contributed by atoms with van der Waals surface area (Å²) in [7, 11) is 1.65. The SMILES string of the molecule is COCC1=CC(CN2[C@@H](C)[C@@H](c3nc4cc(C(=O)O)ccc4[nH]3)[C@H](c3cccc(Cl)c3F)[C@]23C(=O)Nc2cc(Cl)ccc23)CC=C1. The number of methoxy groups -OCH3 is 1. The predicted molar refractivity (Wildman–Crippen MR) is 175 cm³/mol. The molecule has 1 spiro atoms. The van der Waals surface area contributed by atoms with Crippen LogP contribution >= 0.6 is 23.2 Å². The summed E-state index contributed by atoms with van der Waals surface area (Å²) in [5.74, 6) is -2.73. The van der Waals surface area contributed by atoms with E-state index in [0.717, 1.165) is 12.0 Å². The molecule has 7 rings (SSSR count). The highest BCUT2D eigenvalue weighted by atomic mass is 35.5. The van der Waals surface area contributed by atoms with Gasteiger partial charge in [0.15, 0.2) is 0 Å². The van der Waals surface area contributed by atoms with Crippen LogP contribution in [0.4, 0.5) is 10.1 Å². The fourth-order valence-corrected chi connectivity index (χ4v) is 8.13. The second-order valence-electron chi connectivity index (χ2n) is 12.2. The van der Waals surface area contributed by atoms with E-state index in [0.29, 0.717) is 46.3 Å². The number of nitrogens with zero attached hydrogens (tertiary/aromatic N) is 2. The molecule has 3 aromatic carbocycles. The van der Waals surface area contributed by atoms with Gasteiger partial charge in [-0.3, -0.25) is 9.69 Å². The molecule has 0 bridgehead atoms. The summed E-state index contributed by atoms with van der Waals surface area (Å²) in [6.07, 6.45) is 7.09. The Morgan fingerprint density at radius 3 is 2.80 bits per heavy atom. The number of carboxylic acid groups (broad SMARTS) is 1. The Labute approximate surface area is 274 Å². The van der Waals surface area contributed by atoms with Crippen LogP contribution < -0.4 is 5.32 Å². The summed E-state index contributed by atoms with van der Waals surface area (Å²) in [6, 6.07) is 14.5. The lowest BCUT2D eigenvalue weighted by atomic mass is 9.71. The summed E-state index contributed by atoms with van der Waals surface area (Å²) in [5.41, 5.74) is 2.43. The minimum atomic E-state index is -1.36. The van der Waals surface area contributed by atoms with Crippen molar-refractivity contribution in [2.45, 2.75) is 36.8 Å². The van der Waals surface area contributed by atoms with Gasteiger partial charge >= 0.3 is 5.97 Å². The molecule has 1 saturated heterocycles. The van der Waals surface area contributed by atoms with E-state index < -0.39 is 29.2 Å². The van der Waals surface area contributed by atoms with Gasteiger partial charge in [0.25, 0.3) is 0 Å². The number of H-pyrrole nitrogens is 1. The fraction of sp³-hybridized carbons (Fsp3) is 0.286. The third-order valence-corrected chi connectivity index (χ3v) is 10.1. The summed E-state index contributed by atoms with van der Waals surface area (Å²) >= 11 is 12.8. The second-order valence-corrected chi connectivity index (χ2v) is 13.0. The van der Waals surface area contributed by atoms with Crippen molar-refractivity contribution < 1.29 is 23.8 Å². The first-order valence-corrected chi connectivity index (χ1v) is 15.8. The zero-order valence-corrected chi connectivity index (χ0v) is 26.6. The molecular weight excluding hydrogens is 630 g/mol. The third kappa shape index (κ3) is 4.76. The first-order chi connectivity index (χ1) is 22.1. The smallest absolute Gasteiger partial charge is 0.335 e. The normalized spacial score (nSPS) is 25.7. The fourth-order valence-electron chi connectivity index (χ4n) is 7.77. The number of aromatic nitrogens is 2. The van der Waals surface area contributed by atoms with Gasteiger partial charge in [-0.1, -0.05) is 59.6 Å². The van der Waals surface area contributed by atoms with E-state index in [9.17, 15) is 14.7 Å². The Balaban J connectivity index is 1.48. The van der Waals surface area contributed by atoms with Crippen molar-refractivity contribution in [2.75, 3.05) is 25.6 Å².